The number of nitrogens with one attached hydrogen (secondary N) is 2. The van der Waals surface area contributed by atoms with Crippen LogP contribution in [0.1, 0.15) is 30.2 Å². The number of hydrogen-bond donors (Lipinski definition) is 2. The number of aryl methyl sites for hydroxylation is 1. The first-order valence-corrected chi connectivity index (χ1v) is 8.60. The SMILES string of the molecule is CCOC(=O)CCc1c(C)nc2nc(NCc3ccc(F)cc3)[nH]n2c1=O. The van der Waals surface area contributed by atoms with Gasteiger partial charge in [-0.2, -0.15) is 9.50 Å². The van der Waals surface area contributed by atoms with E-state index in [-0.39, 0.29) is 36.0 Å². The second-order valence-electron chi connectivity index (χ2n) is 5.97. The Balaban J connectivity index is 1.78. The molecule has 0 saturated heterocycles. The van der Waals surface area contributed by atoms with Gasteiger partial charge in [0.25, 0.3) is 11.3 Å². The molecule has 0 fully saturated rings. The van der Waals surface area contributed by atoms with Crippen LogP contribution in [0.15, 0.2) is 29.1 Å². The van der Waals surface area contributed by atoms with Crippen molar-refractivity contribution in [2.24, 2.45) is 0 Å². The van der Waals surface area contributed by atoms with Gasteiger partial charge in [-0.25, -0.2) is 9.37 Å². The van der Waals surface area contributed by atoms with Gasteiger partial charge in [0, 0.05) is 18.5 Å². The van der Waals surface area contributed by atoms with Crippen molar-refractivity contribution in [1.82, 2.24) is 19.6 Å². The van der Waals surface area contributed by atoms with Crippen molar-refractivity contribution >= 4 is 17.7 Å². The first kappa shape index (κ1) is 18.6. The molecule has 9 heteroatoms. The number of H-pyrrole nitrogens is 1. The summed E-state index contributed by atoms with van der Waals surface area (Å²) < 4.78 is 19.1. The molecule has 0 amide bonds. The quantitative estimate of drug-likeness (QED) is 0.614. The number of anilines is 1. The maximum absolute atomic E-state index is 13.0. The Morgan fingerprint density at radius 2 is 2.04 bits per heavy atom. The van der Waals surface area contributed by atoms with Crippen LogP contribution in [-0.2, 0) is 22.5 Å². The Hall–Kier alpha value is -3.23. The van der Waals surface area contributed by atoms with Crippen molar-refractivity contribution in [2.45, 2.75) is 33.2 Å². The molecule has 0 spiro atoms. The maximum atomic E-state index is 13.0. The number of carbonyl (C=O) groups excluding carboxylic acids is 1. The molecule has 0 aliphatic heterocycles. The van der Waals surface area contributed by atoms with Crippen LogP contribution in [0.2, 0.25) is 0 Å². The fourth-order valence-corrected chi connectivity index (χ4v) is 2.67. The molecule has 142 valence electrons. The number of fused-ring (bicyclic) bond motifs is 1. The molecule has 0 radical (unpaired) electrons. The molecule has 0 aliphatic carbocycles. The zero-order valence-electron chi connectivity index (χ0n) is 15.1. The molecule has 0 saturated carbocycles. The number of halogens is 1. The first-order valence-electron chi connectivity index (χ1n) is 8.60. The monoisotopic (exact) mass is 373 g/mol. The van der Waals surface area contributed by atoms with E-state index in [1.165, 1.54) is 16.6 Å². The third kappa shape index (κ3) is 4.30. The number of esters is 1. The lowest BCUT2D eigenvalue weighted by Crippen LogP contribution is -2.23. The Kier molecular flexibility index (Phi) is 5.49. The number of benzene rings is 1. The lowest BCUT2D eigenvalue weighted by atomic mass is 10.1. The minimum absolute atomic E-state index is 0.113. The van der Waals surface area contributed by atoms with Crippen molar-refractivity contribution in [3.05, 3.63) is 57.3 Å². The summed E-state index contributed by atoms with van der Waals surface area (Å²) in [5.74, 6) is -0.0541. The van der Waals surface area contributed by atoms with E-state index in [9.17, 15) is 14.0 Å². The zero-order valence-corrected chi connectivity index (χ0v) is 15.1. The second-order valence-corrected chi connectivity index (χ2v) is 5.97. The van der Waals surface area contributed by atoms with E-state index >= 15 is 0 Å². The van der Waals surface area contributed by atoms with Crippen molar-refractivity contribution in [2.75, 3.05) is 11.9 Å². The lowest BCUT2D eigenvalue weighted by Gasteiger charge is -2.04. The highest BCUT2D eigenvalue weighted by Crippen LogP contribution is 2.09. The summed E-state index contributed by atoms with van der Waals surface area (Å²) in [7, 11) is 0. The van der Waals surface area contributed by atoms with Crippen LogP contribution in [0.4, 0.5) is 10.3 Å². The first-order chi connectivity index (χ1) is 13.0. The minimum atomic E-state index is -0.354. The normalized spacial score (nSPS) is 10.9. The van der Waals surface area contributed by atoms with Crippen LogP contribution < -0.4 is 10.9 Å². The van der Waals surface area contributed by atoms with Crippen molar-refractivity contribution in [1.29, 1.82) is 0 Å². The Morgan fingerprint density at radius 3 is 2.74 bits per heavy atom. The standard InChI is InChI=1S/C18H20FN5O3/c1-3-27-15(25)9-8-14-11(2)21-18-22-17(23-24(18)16(14)26)20-10-12-4-6-13(19)7-5-12/h4-7H,3,8-10H2,1-2H3,(H2,20,21,22,23). The van der Waals surface area contributed by atoms with Crippen LogP contribution >= 0.6 is 0 Å². The smallest absolute Gasteiger partial charge is 0.306 e. The van der Waals surface area contributed by atoms with Gasteiger partial charge in [-0.15, -0.1) is 0 Å². The summed E-state index contributed by atoms with van der Waals surface area (Å²) in [6, 6.07) is 6.07. The van der Waals surface area contributed by atoms with Crippen molar-refractivity contribution in [3.63, 3.8) is 0 Å². The molecule has 1 aromatic carbocycles. The van der Waals surface area contributed by atoms with E-state index < -0.39 is 0 Å². The van der Waals surface area contributed by atoms with E-state index in [4.69, 9.17) is 4.74 Å². The molecule has 0 unspecified atom stereocenters. The minimum Gasteiger partial charge on any atom is -0.466 e. The average molecular weight is 373 g/mol. The van der Waals surface area contributed by atoms with Gasteiger partial charge in [0.2, 0.25) is 5.95 Å². The summed E-state index contributed by atoms with van der Waals surface area (Å²) in [5.41, 5.74) is 1.53. The maximum Gasteiger partial charge on any atom is 0.306 e. The van der Waals surface area contributed by atoms with Crippen molar-refractivity contribution in [3.8, 4) is 0 Å². The molecule has 0 atom stereocenters. The van der Waals surface area contributed by atoms with Gasteiger partial charge < -0.3 is 10.1 Å². The Morgan fingerprint density at radius 1 is 1.30 bits per heavy atom. The average Bonchev–Trinajstić information content (AvgIpc) is 3.04. The molecular weight excluding hydrogens is 353 g/mol. The number of aromatic nitrogens is 4. The van der Waals surface area contributed by atoms with Gasteiger partial charge in [0.05, 0.1) is 12.3 Å². The largest absolute Gasteiger partial charge is 0.466 e. The fourth-order valence-electron chi connectivity index (χ4n) is 2.67. The second kappa shape index (κ2) is 7.98. The van der Waals surface area contributed by atoms with Crippen molar-refractivity contribution < 1.29 is 13.9 Å². The van der Waals surface area contributed by atoms with Crippen LogP contribution in [-0.4, -0.2) is 32.2 Å². The van der Waals surface area contributed by atoms with Gasteiger partial charge >= 0.3 is 5.97 Å². The van der Waals surface area contributed by atoms with E-state index in [2.05, 4.69) is 20.4 Å². The predicted octanol–water partition coefficient (Wildman–Crippen LogP) is 1.97. The lowest BCUT2D eigenvalue weighted by molar-refractivity contribution is -0.143. The van der Waals surface area contributed by atoms with Crippen LogP contribution in [0.5, 0.6) is 0 Å². The summed E-state index contributed by atoms with van der Waals surface area (Å²) >= 11 is 0. The number of hydrogen-bond acceptors (Lipinski definition) is 6. The topological polar surface area (TPSA) is 101 Å². The van der Waals surface area contributed by atoms with Gasteiger partial charge in [0.15, 0.2) is 0 Å². The molecule has 8 nitrogen and oxygen atoms in total. The van der Waals surface area contributed by atoms with Gasteiger partial charge in [-0.3, -0.25) is 14.7 Å². The molecule has 0 bridgehead atoms. The summed E-state index contributed by atoms with van der Waals surface area (Å²) in [4.78, 5) is 32.8. The third-order valence-electron chi connectivity index (χ3n) is 4.05. The van der Waals surface area contributed by atoms with Gasteiger partial charge in [0.1, 0.15) is 5.82 Å². The number of nitrogens with zero attached hydrogens (tertiary/aromatic N) is 3. The molecule has 2 N–H and O–H groups in total. The van der Waals surface area contributed by atoms with Crippen LogP contribution in [0.25, 0.3) is 5.78 Å². The summed E-state index contributed by atoms with van der Waals surface area (Å²) in [5, 5.41) is 5.90. The summed E-state index contributed by atoms with van der Waals surface area (Å²) in [6.07, 6.45) is 0.359. The highest BCUT2D eigenvalue weighted by atomic mass is 19.1. The van der Waals surface area contributed by atoms with Gasteiger partial charge in [-0.1, -0.05) is 12.1 Å². The fraction of sp³-hybridized carbons (Fsp3) is 0.333. The van der Waals surface area contributed by atoms with Crippen LogP contribution in [0, 0.1) is 12.7 Å². The van der Waals surface area contributed by atoms with Crippen LogP contribution in [0.3, 0.4) is 0 Å². The Labute approximate surface area is 154 Å². The van der Waals surface area contributed by atoms with E-state index in [0.717, 1.165) is 5.56 Å². The molecule has 2 aromatic heterocycles. The molecule has 3 rings (SSSR count). The molecular formula is C18H20FN5O3. The zero-order chi connectivity index (χ0) is 19.4. The Bertz CT molecular complexity index is 1010. The molecule has 27 heavy (non-hydrogen) atoms. The molecule has 2 heterocycles. The number of ether oxygens (including phenoxy) is 1. The van der Waals surface area contributed by atoms with Gasteiger partial charge in [-0.05, 0) is 38.0 Å². The van der Waals surface area contributed by atoms with E-state index in [1.807, 2.05) is 0 Å². The third-order valence-corrected chi connectivity index (χ3v) is 4.05. The highest BCUT2D eigenvalue weighted by Gasteiger charge is 2.15. The molecule has 0 aliphatic rings. The summed E-state index contributed by atoms with van der Waals surface area (Å²) in [6.45, 7) is 4.15. The van der Waals surface area contributed by atoms with E-state index in [0.29, 0.717) is 30.4 Å². The molecule has 3 aromatic rings. The predicted molar refractivity (Wildman–Crippen MR) is 97.0 cm³/mol. The van der Waals surface area contributed by atoms with E-state index in [1.54, 1.807) is 26.0 Å². The number of carbonyl (C=O) groups is 1. The highest BCUT2D eigenvalue weighted by molar-refractivity contribution is 5.69. The number of rotatable bonds is 7. The number of aromatic amines is 1.